The highest BCUT2D eigenvalue weighted by atomic mass is 16.1. The van der Waals surface area contributed by atoms with Gasteiger partial charge in [0.15, 0.2) is 0 Å². The van der Waals surface area contributed by atoms with Gasteiger partial charge in [0.1, 0.15) is 0 Å². The monoisotopic (exact) mass is 214 g/mol. The standard InChI is InChI=1S/C12H26N2O/c1-6-10(4)7-13-8-12(15)14-11(5)9(2)3/h9-11,13H,6-8H2,1-5H3,(H,14,15). The van der Waals surface area contributed by atoms with Crippen molar-refractivity contribution >= 4 is 5.91 Å². The quantitative estimate of drug-likeness (QED) is 0.678. The molecule has 0 heterocycles. The summed E-state index contributed by atoms with van der Waals surface area (Å²) in [6.45, 7) is 11.9. The lowest BCUT2D eigenvalue weighted by Crippen LogP contribution is -2.42. The maximum Gasteiger partial charge on any atom is 0.234 e. The van der Waals surface area contributed by atoms with E-state index in [1.165, 1.54) is 0 Å². The molecule has 2 N–H and O–H groups in total. The van der Waals surface area contributed by atoms with Crippen LogP contribution in [-0.2, 0) is 4.79 Å². The van der Waals surface area contributed by atoms with Crippen LogP contribution in [0.15, 0.2) is 0 Å². The minimum absolute atomic E-state index is 0.0968. The second-order valence-corrected chi connectivity index (χ2v) is 4.74. The molecule has 0 radical (unpaired) electrons. The van der Waals surface area contributed by atoms with Gasteiger partial charge in [-0.15, -0.1) is 0 Å². The Morgan fingerprint density at radius 2 is 1.80 bits per heavy atom. The number of hydrogen-bond acceptors (Lipinski definition) is 2. The number of carbonyl (C=O) groups is 1. The van der Waals surface area contributed by atoms with Crippen molar-refractivity contribution in [2.24, 2.45) is 11.8 Å². The summed E-state index contributed by atoms with van der Waals surface area (Å²) in [5.41, 5.74) is 0. The molecule has 0 saturated carbocycles. The van der Waals surface area contributed by atoms with Gasteiger partial charge in [-0.05, 0) is 25.3 Å². The highest BCUT2D eigenvalue weighted by Crippen LogP contribution is 1.99. The topological polar surface area (TPSA) is 41.1 Å². The van der Waals surface area contributed by atoms with E-state index in [-0.39, 0.29) is 11.9 Å². The van der Waals surface area contributed by atoms with Crippen LogP contribution >= 0.6 is 0 Å². The van der Waals surface area contributed by atoms with Crippen LogP contribution in [0, 0.1) is 11.8 Å². The molecule has 0 aliphatic carbocycles. The zero-order chi connectivity index (χ0) is 11.8. The Hall–Kier alpha value is -0.570. The second kappa shape index (κ2) is 7.69. The minimum Gasteiger partial charge on any atom is -0.352 e. The Morgan fingerprint density at radius 3 is 2.27 bits per heavy atom. The van der Waals surface area contributed by atoms with Crippen molar-refractivity contribution in [1.82, 2.24) is 10.6 Å². The highest BCUT2D eigenvalue weighted by molar-refractivity contribution is 5.78. The Kier molecular flexibility index (Phi) is 7.39. The zero-order valence-electron chi connectivity index (χ0n) is 10.8. The number of rotatable bonds is 7. The summed E-state index contributed by atoms with van der Waals surface area (Å²) in [7, 11) is 0. The third-order valence-electron chi connectivity index (χ3n) is 2.86. The molecular weight excluding hydrogens is 188 g/mol. The van der Waals surface area contributed by atoms with Gasteiger partial charge >= 0.3 is 0 Å². The van der Waals surface area contributed by atoms with Gasteiger partial charge in [0, 0.05) is 6.04 Å². The fourth-order valence-corrected chi connectivity index (χ4v) is 1.05. The van der Waals surface area contributed by atoms with Crippen molar-refractivity contribution in [3.05, 3.63) is 0 Å². The van der Waals surface area contributed by atoms with Gasteiger partial charge < -0.3 is 10.6 Å². The van der Waals surface area contributed by atoms with Crippen LogP contribution in [0.3, 0.4) is 0 Å². The fraction of sp³-hybridized carbons (Fsp3) is 0.917. The third kappa shape index (κ3) is 7.37. The lowest BCUT2D eigenvalue weighted by molar-refractivity contribution is -0.121. The molecule has 0 aromatic heterocycles. The van der Waals surface area contributed by atoms with Crippen molar-refractivity contribution in [3.63, 3.8) is 0 Å². The Balaban J connectivity index is 3.58. The molecule has 0 spiro atoms. The molecule has 0 fully saturated rings. The normalized spacial score (nSPS) is 15.1. The van der Waals surface area contributed by atoms with Crippen LogP contribution in [0.25, 0.3) is 0 Å². The lowest BCUT2D eigenvalue weighted by Gasteiger charge is -2.18. The van der Waals surface area contributed by atoms with E-state index in [0.717, 1.165) is 13.0 Å². The second-order valence-electron chi connectivity index (χ2n) is 4.74. The molecular formula is C12H26N2O. The molecule has 0 aliphatic rings. The summed E-state index contributed by atoms with van der Waals surface area (Å²) < 4.78 is 0. The first-order valence-corrected chi connectivity index (χ1v) is 5.97. The first-order valence-electron chi connectivity index (χ1n) is 5.97. The number of hydrogen-bond donors (Lipinski definition) is 2. The van der Waals surface area contributed by atoms with Crippen molar-refractivity contribution in [3.8, 4) is 0 Å². The van der Waals surface area contributed by atoms with E-state index in [9.17, 15) is 4.79 Å². The van der Waals surface area contributed by atoms with E-state index < -0.39 is 0 Å². The highest BCUT2D eigenvalue weighted by Gasteiger charge is 2.10. The molecule has 1 amide bonds. The first-order chi connectivity index (χ1) is 6.97. The SMILES string of the molecule is CCC(C)CNCC(=O)NC(C)C(C)C. The molecule has 0 saturated heterocycles. The molecule has 2 unspecified atom stereocenters. The molecule has 3 nitrogen and oxygen atoms in total. The van der Waals surface area contributed by atoms with E-state index >= 15 is 0 Å². The molecule has 90 valence electrons. The predicted molar refractivity (Wildman–Crippen MR) is 64.8 cm³/mol. The van der Waals surface area contributed by atoms with Gasteiger partial charge in [0.2, 0.25) is 5.91 Å². The minimum atomic E-state index is 0.0968. The molecule has 3 heteroatoms. The van der Waals surface area contributed by atoms with Crippen molar-refractivity contribution in [2.45, 2.75) is 47.1 Å². The van der Waals surface area contributed by atoms with E-state index in [4.69, 9.17) is 0 Å². The van der Waals surface area contributed by atoms with E-state index in [1.54, 1.807) is 0 Å². The summed E-state index contributed by atoms with van der Waals surface area (Å²) in [4.78, 5) is 11.5. The molecule has 0 aromatic carbocycles. The maximum atomic E-state index is 11.5. The average molecular weight is 214 g/mol. The van der Waals surface area contributed by atoms with Gasteiger partial charge in [0.05, 0.1) is 6.54 Å². The van der Waals surface area contributed by atoms with Crippen molar-refractivity contribution in [1.29, 1.82) is 0 Å². The lowest BCUT2D eigenvalue weighted by atomic mass is 10.1. The summed E-state index contributed by atoms with van der Waals surface area (Å²) >= 11 is 0. The largest absolute Gasteiger partial charge is 0.352 e. The maximum absolute atomic E-state index is 11.5. The summed E-state index contributed by atoms with van der Waals surface area (Å²) in [5.74, 6) is 1.23. The van der Waals surface area contributed by atoms with Crippen LogP contribution < -0.4 is 10.6 Å². The van der Waals surface area contributed by atoms with E-state index in [1.807, 2.05) is 6.92 Å². The van der Waals surface area contributed by atoms with Crippen LogP contribution in [0.5, 0.6) is 0 Å². The van der Waals surface area contributed by atoms with E-state index in [2.05, 4.69) is 38.3 Å². The zero-order valence-corrected chi connectivity index (χ0v) is 10.8. The molecule has 0 aliphatic heterocycles. The Labute approximate surface area is 94.0 Å². The van der Waals surface area contributed by atoms with Crippen molar-refractivity contribution < 1.29 is 4.79 Å². The molecule has 2 atom stereocenters. The van der Waals surface area contributed by atoms with Gasteiger partial charge in [-0.1, -0.05) is 34.1 Å². The van der Waals surface area contributed by atoms with Gasteiger partial charge in [0.25, 0.3) is 0 Å². The first kappa shape index (κ1) is 14.4. The van der Waals surface area contributed by atoms with Gasteiger partial charge in [-0.2, -0.15) is 0 Å². The van der Waals surface area contributed by atoms with E-state index in [0.29, 0.717) is 18.4 Å². The average Bonchev–Trinajstić information content (AvgIpc) is 2.17. The van der Waals surface area contributed by atoms with Crippen LogP contribution in [0.1, 0.15) is 41.0 Å². The number of carbonyl (C=O) groups excluding carboxylic acids is 1. The van der Waals surface area contributed by atoms with Crippen molar-refractivity contribution in [2.75, 3.05) is 13.1 Å². The molecule has 0 bridgehead atoms. The van der Waals surface area contributed by atoms with Crippen LogP contribution in [-0.4, -0.2) is 25.0 Å². The summed E-state index contributed by atoms with van der Waals surface area (Å²) in [5, 5.41) is 6.14. The predicted octanol–water partition coefficient (Wildman–Crippen LogP) is 1.78. The van der Waals surface area contributed by atoms with Gasteiger partial charge in [-0.3, -0.25) is 4.79 Å². The molecule has 15 heavy (non-hydrogen) atoms. The Bertz CT molecular complexity index is 180. The summed E-state index contributed by atoms with van der Waals surface area (Å²) in [6, 6.07) is 0.253. The fourth-order valence-electron chi connectivity index (χ4n) is 1.05. The smallest absolute Gasteiger partial charge is 0.234 e. The number of amides is 1. The molecule has 0 rings (SSSR count). The van der Waals surface area contributed by atoms with Crippen LogP contribution in [0.4, 0.5) is 0 Å². The van der Waals surface area contributed by atoms with Gasteiger partial charge in [-0.25, -0.2) is 0 Å². The Morgan fingerprint density at radius 1 is 1.20 bits per heavy atom. The van der Waals surface area contributed by atoms with Crippen LogP contribution in [0.2, 0.25) is 0 Å². The summed E-state index contributed by atoms with van der Waals surface area (Å²) in [6.07, 6.45) is 1.15. The third-order valence-corrected chi connectivity index (χ3v) is 2.86. The molecule has 0 aromatic rings. The number of nitrogens with one attached hydrogen (secondary N) is 2.